The van der Waals surface area contributed by atoms with E-state index >= 15 is 0 Å². The van der Waals surface area contributed by atoms with Crippen molar-refractivity contribution in [1.82, 2.24) is 20.6 Å². The van der Waals surface area contributed by atoms with Crippen LogP contribution < -0.4 is 15.7 Å². The van der Waals surface area contributed by atoms with E-state index in [1.807, 2.05) is 18.2 Å². The Morgan fingerprint density at radius 1 is 1.14 bits per heavy atom. The predicted molar refractivity (Wildman–Crippen MR) is 111 cm³/mol. The molecule has 0 saturated heterocycles. The Morgan fingerprint density at radius 2 is 1.86 bits per heavy atom. The molecule has 4 rings (SSSR count). The zero-order chi connectivity index (χ0) is 20.2. The first-order valence-corrected chi connectivity index (χ1v) is 9.51. The molecule has 0 atom stereocenters. The molecule has 0 saturated carbocycles. The lowest BCUT2D eigenvalue weighted by Gasteiger charge is -2.02. The molecule has 8 nitrogen and oxygen atoms in total. The minimum Gasteiger partial charge on any atom is -0.431 e. The number of nitrogens with zero attached hydrogens (tertiary/aromatic N) is 3. The smallest absolute Gasteiger partial charge is 0.292 e. The molecule has 144 valence electrons. The fourth-order valence-corrected chi connectivity index (χ4v) is 3.49. The van der Waals surface area contributed by atoms with E-state index in [9.17, 15) is 9.59 Å². The van der Waals surface area contributed by atoms with E-state index in [0.717, 1.165) is 0 Å². The van der Waals surface area contributed by atoms with E-state index in [-0.39, 0.29) is 16.4 Å². The van der Waals surface area contributed by atoms with E-state index in [1.165, 1.54) is 17.6 Å². The largest absolute Gasteiger partial charge is 0.431 e. The van der Waals surface area contributed by atoms with Gasteiger partial charge >= 0.3 is 0 Å². The van der Waals surface area contributed by atoms with Crippen molar-refractivity contribution in [3.63, 3.8) is 0 Å². The SMILES string of the molecule is O=C(N/N=C/c1sc(Oc2ccccc2)nc1Cl)c1n[nH]c(=O)c2ccccc12. The van der Waals surface area contributed by atoms with Gasteiger partial charge in [-0.2, -0.15) is 15.2 Å². The van der Waals surface area contributed by atoms with E-state index in [2.05, 4.69) is 25.7 Å². The molecule has 0 fully saturated rings. The van der Waals surface area contributed by atoms with Gasteiger partial charge in [0.2, 0.25) is 0 Å². The highest BCUT2D eigenvalue weighted by Gasteiger charge is 2.14. The third kappa shape index (κ3) is 4.15. The fourth-order valence-electron chi connectivity index (χ4n) is 2.50. The van der Waals surface area contributed by atoms with Crippen LogP contribution in [0.15, 0.2) is 64.5 Å². The monoisotopic (exact) mass is 425 g/mol. The summed E-state index contributed by atoms with van der Waals surface area (Å²) in [5, 5.41) is 11.4. The Bertz CT molecular complexity index is 1270. The highest BCUT2D eigenvalue weighted by molar-refractivity contribution is 7.15. The second kappa shape index (κ2) is 8.21. The summed E-state index contributed by atoms with van der Waals surface area (Å²) in [5.74, 6) is 0.0563. The number of fused-ring (bicyclic) bond motifs is 1. The van der Waals surface area contributed by atoms with Crippen LogP contribution in [0, 0.1) is 0 Å². The lowest BCUT2D eigenvalue weighted by molar-refractivity contribution is 0.0951. The lowest BCUT2D eigenvalue weighted by atomic mass is 10.1. The van der Waals surface area contributed by atoms with Gasteiger partial charge in [-0.25, -0.2) is 10.5 Å². The van der Waals surface area contributed by atoms with Gasteiger partial charge in [-0.05, 0) is 18.2 Å². The molecular formula is C19H12ClN5O3S. The molecular weight excluding hydrogens is 414 g/mol. The van der Waals surface area contributed by atoms with E-state index in [0.29, 0.717) is 26.6 Å². The Balaban J connectivity index is 1.49. The molecule has 2 aromatic carbocycles. The van der Waals surface area contributed by atoms with Crippen molar-refractivity contribution in [3.8, 4) is 10.9 Å². The van der Waals surface area contributed by atoms with Crippen LogP contribution in [-0.2, 0) is 0 Å². The van der Waals surface area contributed by atoms with Crippen molar-refractivity contribution in [1.29, 1.82) is 0 Å². The van der Waals surface area contributed by atoms with Gasteiger partial charge in [0.25, 0.3) is 16.7 Å². The minimum atomic E-state index is -0.574. The van der Waals surface area contributed by atoms with E-state index in [1.54, 1.807) is 36.4 Å². The maximum Gasteiger partial charge on any atom is 0.292 e. The number of H-pyrrole nitrogens is 1. The van der Waals surface area contributed by atoms with Gasteiger partial charge in [-0.3, -0.25) is 9.59 Å². The second-order valence-corrected chi connectivity index (χ2v) is 7.05. The first-order chi connectivity index (χ1) is 14.1. The summed E-state index contributed by atoms with van der Waals surface area (Å²) in [7, 11) is 0. The van der Waals surface area contributed by atoms with Gasteiger partial charge in [-0.1, -0.05) is 59.3 Å². The number of carbonyl (C=O) groups is 1. The van der Waals surface area contributed by atoms with Gasteiger partial charge in [0.05, 0.1) is 16.5 Å². The van der Waals surface area contributed by atoms with Crippen LogP contribution in [0.1, 0.15) is 15.4 Å². The number of aromatic amines is 1. The third-order valence-electron chi connectivity index (χ3n) is 3.80. The molecule has 0 bridgehead atoms. The normalized spacial score (nSPS) is 11.1. The van der Waals surface area contributed by atoms with Gasteiger partial charge in [-0.15, -0.1) is 0 Å². The number of hydrogen-bond donors (Lipinski definition) is 2. The molecule has 0 spiro atoms. The summed E-state index contributed by atoms with van der Waals surface area (Å²) in [6, 6.07) is 15.8. The number of ether oxygens (including phenoxy) is 1. The summed E-state index contributed by atoms with van der Waals surface area (Å²) in [5.41, 5.74) is 2.05. The van der Waals surface area contributed by atoms with E-state index < -0.39 is 5.91 Å². The molecule has 0 unspecified atom stereocenters. The van der Waals surface area contributed by atoms with Crippen molar-refractivity contribution >= 4 is 45.8 Å². The molecule has 4 aromatic rings. The van der Waals surface area contributed by atoms with Gasteiger partial charge in [0.1, 0.15) is 5.75 Å². The Labute approximate surface area is 172 Å². The van der Waals surface area contributed by atoms with Crippen LogP contribution in [0.5, 0.6) is 10.9 Å². The summed E-state index contributed by atoms with van der Waals surface area (Å²) in [4.78, 5) is 28.9. The number of para-hydroxylation sites is 1. The number of nitrogens with one attached hydrogen (secondary N) is 2. The highest BCUT2D eigenvalue weighted by atomic mass is 35.5. The molecule has 29 heavy (non-hydrogen) atoms. The topological polar surface area (TPSA) is 109 Å². The van der Waals surface area contributed by atoms with Crippen LogP contribution in [-0.4, -0.2) is 27.3 Å². The molecule has 0 aliphatic carbocycles. The molecule has 2 aromatic heterocycles. The molecule has 2 N–H and O–H groups in total. The summed E-state index contributed by atoms with van der Waals surface area (Å²) in [6.45, 7) is 0. The average molecular weight is 426 g/mol. The first-order valence-electron chi connectivity index (χ1n) is 8.32. The van der Waals surface area contributed by atoms with Gasteiger partial charge in [0.15, 0.2) is 10.8 Å². The fraction of sp³-hybridized carbons (Fsp3) is 0. The number of halogens is 1. The zero-order valence-corrected chi connectivity index (χ0v) is 16.2. The number of thiazole rings is 1. The first kappa shape index (κ1) is 18.8. The van der Waals surface area contributed by atoms with Gasteiger partial charge < -0.3 is 4.74 Å². The van der Waals surface area contributed by atoms with Crippen molar-refractivity contribution in [3.05, 3.63) is 80.7 Å². The minimum absolute atomic E-state index is 0.0563. The quantitative estimate of drug-likeness (QED) is 0.375. The number of hydrazone groups is 1. The van der Waals surface area contributed by atoms with Crippen LogP contribution in [0.2, 0.25) is 5.15 Å². The third-order valence-corrected chi connectivity index (χ3v) is 5.07. The number of amides is 1. The Hall–Kier alpha value is -3.56. The second-order valence-electron chi connectivity index (χ2n) is 5.70. The number of rotatable bonds is 5. The Morgan fingerprint density at radius 3 is 2.66 bits per heavy atom. The van der Waals surface area contributed by atoms with Crippen molar-refractivity contribution in [2.75, 3.05) is 0 Å². The number of benzene rings is 2. The zero-order valence-electron chi connectivity index (χ0n) is 14.6. The molecule has 10 heteroatoms. The number of aromatic nitrogens is 3. The highest BCUT2D eigenvalue weighted by Crippen LogP contribution is 2.30. The summed E-state index contributed by atoms with van der Waals surface area (Å²) in [6.07, 6.45) is 1.36. The molecule has 0 radical (unpaired) electrons. The standard InChI is InChI=1S/C19H12ClN5O3S/c20-16-14(29-19(22-16)28-11-6-2-1-3-7-11)10-21-24-18(27)15-12-8-4-5-9-13(12)17(26)25-23-15/h1-10H,(H,24,27)(H,25,26)/b21-10+. The van der Waals surface area contributed by atoms with Crippen molar-refractivity contribution in [2.45, 2.75) is 0 Å². The molecule has 0 aliphatic heterocycles. The summed E-state index contributed by atoms with van der Waals surface area (Å²) < 4.78 is 5.63. The van der Waals surface area contributed by atoms with Crippen LogP contribution >= 0.6 is 22.9 Å². The molecule has 2 heterocycles. The van der Waals surface area contributed by atoms with Crippen LogP contribution in [0.4, 0.5) is 0 Å². The number of carbonyl (C=O) groups excluding carboxylic acids is 1. The van der Waals surface area contributed by atoms with Crippen LogP contribution in [0.3, 0.4) is 0 Å². The molecule has 0 aliphatic rings. The average Bonchev–Trinajstić information content (AvgIpc) is 3.08. The number of hydrogen-bond acceptors (Lipinski definition) is 7. The van der Waals surface area contributed by atoms with Gasteiger partial charge in [0, 0.05) is 5.39 Å². The lowest BCUT2D eigenvalue weighted by Crippen LogP contribution is -2.22. The van der Waals surface area contributed by atoms with Crippen molar-refractivity contribution in [2.24, 2.45) is 5.10 Å². The maximum absolute atomic E-state index is 12.4. The van der Waals surface area contributed by atoms with Crippen molar-refractivity contribution < 1.29 is 9.53 Å². The summed E-state index contributed by atoms with van der Waals surface area (Å²) >= 11 is 7.28. The maximum atomic E-state index is 12.4. The van der Waals surface area contributed by atoms with E-state index in [4.69, 9.17) is 16.3 Å². The molecule has 1 amide bonds. The predicted octanol–water partition coefficient (Wildman–Crippen LogP) is 3.59. The Kier molecular flexibility index (Phi) is 5.32. The van der Waals surface area contributed by atoms with Crippen LogP contribution in [0.25, 0.3) is 10.8 Å².